The highest BCUT2D eigenvalue weighted by atomic mass is 19.1. The van der Waals surface area contributed by atoms with Gasteiger partial charge >= 0.3 is 0 Å². The van der Waals surface area contributed by atoms with Crippen LogP contribution in [0.3, 0.4) is 0 Å². The van der Waals surface area contributed by atoms with E-state index in [1.807, 2.05) is 0 Å². The molecule has 1 aliphatic carbocycles. The minimum atomic E-state index is -2.29. The summed E-state index contributed by atoms with van der Waals surface area (Å²) in [6.45, 7) is 6.29. The van der Waals surface area contributed by atoms with Gasteiger partial charge in [0.25, 0.3) is 5.91 Å². The van der Waals surface area contributed by atoms with E-state index >= 15 is 4.39 Å². The lowest BCUT2D eigenvalue weighted by Crippen LogP contribution is -2.53. The normalized spacial score (nSPS) is 27.4. The third-order valence-corrected chi connectivity index (χ3v) is 7.41. The summed E-state index contributed by atoms with van der Waals surface area (Å²) < 4.78 is 36.2. The number of rotatable bonds is 8. The van der Waals surface area contributed by atoms with Gasteiger partial charge in [-0.15, -0.1) is 0 Å². The Morgan fingerprint density at radius 2 is 1.81 bits per heavy atom. The number of primary amides is 1. The maximum atomic E-state index is 16.3. The van der Waals surface area contributed by atoms with Gasteiger partial charge in [0, 0.05) is 19.0 Å². The Bertz CT molecular complexity index is 996. The molecule has 3 atom stereocenters. The monoisotopic (exact) mass is 501 g/mol. The highest BCUT2D eigenvalue weighted by Gasteiger charge is 2.50. The van der Waals surface area contributed by atoms with Gasteiger partial charge < -0.3 is 20.3 Å². The van der Waals surface area contributed by atoms with Crippen LogP contribution < -0.4 is 10.5 Å². The molecule has 196 valence electrons. The van der Waals surface area contributed by atoms with Gasteiger partial charge in [-0.25, -0.2) is 8.78 Å². The predicted octanol–water partition coefficient (Wildman–Crippen LogP) is 3.92. The molecule has 0 spiro atoms. The minimum absolute atomic E-state index is 0.319. The molecule has 8 heteroatoms. The summed E-state index contributed by atoms with van der Waals surface area (Å²) in [6, 6.07) is 6.40. The minimum Gasteiger partial charge on any atom is -0.493 e. The summed E-state index contributed by atoms with van der Waals surface area (Å²) in [6.07, 6.45) is 9.21. The van der Waals surface area contributed by atoms with E-state index in [9.17, 15) is 14.0 Å². The third-order valence-electron chi connectivity index (χ3n) is 7.41. The molecule has 2 saturated heterocycles. The molecule has 0 bridgehead atoms. The Morgan fingerprint density at radius 3 is 2.44 bits per heavy atom. The fraction of sp³-hybridized carbons (Fsp3) is 0.571. The number of piperidine rings is 1. The van der Waals surface area contributed by atoms with Crippen molar-refractivity contribution in [2.45, 2.75) is 62.8 Å². The Morgan fingerprint density at radius 1 is 1.11 bits per heavy atom. The summed E-state index contributed by atoms with van der Waals surface area (Å²) in [7, 11) is 0. The average molecular weight is 502 g/mol. The van der Waals surface area contributed by atoms with Crippen LogP contribution in [0, 0.1) is 5.92 Å². The molecule has 1 aromatic rings. The Labute approximate surface area is 212 Å². The van der Waals surface area contributed by atoms with E-state index in [0.29, 0.717) is 49.8 Å². The number of halogens is 2. The molecule has 36 heavy (non-hydrogen) atoms. The van der Waals surface area contributed by atoms with Gasteiger partial charge in [0.05, 0.1) is 6.61 Å². The SMILES string of the molecule is CC(C)(F)CN1CCC(COc2ccc(C3C=CC=CC3(F)C(=O)N3CCC[C@H]3C(N)=O)cc2)CC1. The first-order chi connectivity index (χ1) is 17.1. The smallest absolute Gasteiger partial charge is 0.265 e. The van der Waals surface area contributed by atoms with Crippen LogP contribution in [-0.2, 0) is 9.59 Å². The Balaban J connectivity index is 1.36. The lowest BCUT2D eigenvalue weighted by Gasteiger charge is -2.35. The summed E-state index contributed by atoms with van der Waals surface area (Å²) in [4.78, 5) is 28.5. The fourth-order valence-corrected chi connectivity index (χ4v) is 5.53. The second-order valence-electron chi connectivity index (χ2n) is 10.9. The molecule has 3 aliphatic rings. The maximum absolute atomic E-state index is 16.3. The molecule has 2 unspecified atom stereocenters. The number of nitrogens with zero attached hydrogens (tertiary/aromatic N) is 2. The lowest BCUT2D eigenvalue weighted by atomic mass is 9.79. The van der Waals surface area contributed by atoms with Crippen LogP contribution in [0.4, 0.5) is 8.78 Å². The second-order valence-corrected chi connectivity index (χ2v) is 10.9. The van der Waals surface area contributed by atoms with Crippen LogP contribution in [-0.4, -0.2) is 71.8 Å². The summed E-state index contributed by atoms with van der Waals surface area (Å²) in [5.41, 5.74) is 2.62. The number of hydrogen-bond acceptors (Lipinski definition) is 4. The molecule has 0 radical (unpaired) electrons. The summed E-state index contributed by atoms with van der Waals surface area (Å²) >= 11 is 0. The van der Waals surface area contributed by atoms with Crippen molar-refractivity contribution in [2.24, 2.45) is 11.7 Å². The van der Waals surface area contributed by atoms with E-state index in [0.717, 1.165) is 25.9 Å². The second kappa shape index (κ2) is 10.7. The Hall–Kier alpha value is -2.74. The van der Waals surface area contributed by atoms with Crippen LogP contribution in [0.5, 0.6) is 5.75 Å². The molecule has 1 aromatic carbocycles. The topological polar surface area (TPSA) is 75.9 Å². The van der Waals surface area contributed by atoms with Crippen LogP contribution in [0.25, 0.3) is 0 Å². The van der Waals surface area contributed by atoms with Crippen LogP contribution >= 0.6 is 0 Å². The van der Waals surface area contributed by atoms with Crippen LogP contribution in [0.2, 0.25) is 0 Å². The van der Waals surface area contributed by atoms with Crippen molar-refractivity contribution in [3.8, 4) is 5.75 Å². The zero-order valence-corrected chi connectivity index (χ0v) is 21.2. The molecule has 2 fully saturated rings. The number of carbonyl (C=O) groups excluding carboxylic acids is 2. The largest absolute Gasteiger partial charge is 0.493 e. The van der Waals surface area contributed by atoms with Crippen molar-refractivity contribution < 1.29 is 23.1 Å². The first-order valence-electron chi connectivity index (χ1n) is 12.9. The van der Waals surface area contributed by atoms with Gasteiger partial charge in [-0.1, -0.05) is 30.4 Å². The van der Waals surface area contributed by atoms with Crippen LogP contribution in [0.1, 0.15) is 51.0 Å². The number of nitrogens with two attached hydrogens (primary N) is 1. The number of benzene rings is 1. The molecular weight excluding hydrogens is 464 g/mol. The zero-order chi connectivity index (χ0) is 25.9. The van der Waals surface area contributed by atoms with Crippen molar-refractivity contribution in [1.82, 2.24) is 9.80 Å². The fourth-order valence-electron chi connectivity index (χ4n) is 5.53. The van der Waals surface area contributed by atoms with Crippen molar-refractivity contribution in [1.29, 1.82) is 0 Å². The first-order valence-corrected chi connectivity index (χ1v) is 12.9. The van der Waals surface area contributed by atoms with E-state index in [4.69, 9.17) is 10.5 Å². The Kier molecular flexibility index (Phi) is 7.83. The highest BCUT2D eigenvalue weighted by Crippen LogP contribution is 2.40. The number of hydrogen-bond donors (Lipinski definition) is 1. The molecule has 0 saturated carbocycles. The van der Waals surface area contributed by atoms with E-state index in [1.165, 1.54) is 17.1 Å². The number of amides is 2. The zero-order valence-electron chi connectivity index (χ0n) is 21.2. The van der Waals surface area contributed by atoms with Gasteiger partial charge in [0.1, 0.15) is 17.5 Å². The van der Waals surface area contributed by atoms with Gasteiger partial charge in [-0.3, -0.25) is 9.59 Å². The number of likely N-dealkylation sites (tertiary alicyclic amines) is 2. The molecule has 2 heterocycles. The van der Waals surface area contributed by atoms with Gasteiger partial charge in [-0.05, 0) is 82.3 Å². The summed E-state index contributed by atoms with van der Waals surface area (Å²) in [5, 5.41) is 0. The predicted molar refractivity (Wildman–Crippen MR) is 135 cm³/mol. The molecule has 6 nitrogen and oxygen atoms in total. The van der Waals surface area contributed by atoms with Crippen molar-refractivity contribution in [2.75, 3.05) is 32.8 Å². The van der Waals surface area contributed by atoms with Gasteiger partial charge in [0.2, 0.25) is 11.6 Å². The van der Waals surface area contributed by atoms with Crippen LogP contribution in [0.15, 0.2) is 48.6 Å². The van der Waals surface area contributed by atoms with Crippen molar-refractivity contribution in [3.05, 3.63) is 54.1 Å². The standard InChI is InChI=1S/C28H37F2N3O3/c1-27(2,29)19-32-16-12-20(13-17-32)18-36-22-10-8-21(9-11-22)23-6-3-4-14-28(23,30)26(35)33-15-5-7-24(33)25(31)34/h3-4,6,8-11,14,20,23-24H,5,7,12-13,15-19H2,1-2H3,(H2,31,34)/t23?,24-,28?/m0/s1. The molecule has 4 rings (SSSR count). The van der Waals surface area contributed by atoms with E-state index in [2.05, 4.69) is 4.90 Å². The first kappa shape index (κ1) is 26.3. The van der Waals surface area contributed by atoms with Gasteiger partial charge in [0.15, 0.2) is 0 Å². The van der Waals surface area contributed by atoms with Crippen molar-refractivity contribution >= 4 is 11.8 Å². The number of carbonyl (C=O) groups is 2. The summed E-state index contributed by atoms with van der Waals surface area (Å²) in [5.74, 6) is -1.05. The van der Waals surface area contributed by atoms with Crippen molar-refractivity contribution in [3.63, 3.8) is 0 Å². The van der Waals surface area contributed by atoms with E-state index in [1.54, 1.807) is 50.3 Å². The molecular formula is C28H37F2N3O3. The molecule has 2 amide bonds. The number of ether oxygens (including phenoxy) is 1. The highest BCUT2D eigenvalue weighted by molar-refractivity contribution is 5.94. The maximum Gasteiger partial charge on any atom is 0.265 e. The van der Waals surface area contributed by atoms with E-state index in [-0.39, 0.29) is 0 Å². The van der Waals surface area contributed by atoms with E-state index < -0.39 is 35.1 Å². The quantitative estimate of drug-likeness (QED) is 0.586. The third kappa shape index (κ3) is 5.97. The van der Waals surface area contributed by atoms with Gasteiger partial charge in [-0.2, -0.15) is 0 Å². The molecule has 2 aliphatic heterocycles. The number of allylic oxidation sites excluding steroid dienone is 3. The molecule has 2 N–H and O–H groups in total. The average Bonchev–Trinajstić information content (AvgIpc) is 3.33. The lowest BCUT2D eigenvalue weighted by molar-refractivity contribution is -0.145. The number of alkyl halides is 2. The molecule has 0 aromatic heterocycles.